The van der Waals surface area contributed by atoms with Gasteiger partial charge in [-0.25, -0.2) is 0 Å². The van der Waals surface area contributed by atoms with E-state index in [9.17, 15) is 4.79 Å². The molecule has 0 amide bonds. The second-order valence-corrected chi connectivity index (χ2v) is 4.94. The van der Waals surface area contributed by atoms with E-state index in [1.165, 1.54) is 20.0 Å². The standard InChI is InChI=1S/C13H20O2/c1-9-10-6-7-11(8-10)12(9)4-3-5-13(14)15-2/h6-7,9-12H,3-5,8H2,1-2H3. The highest BCUT2D eigenvalue weighted by Gasteiger charge is 2.41. The number of rotatable bonds is 4. The lowest BCUT2D eigenvalue weighted by Gasteiger charge is -2.24. The number of hydrogen-bond acceptors (Lipinski definition) is 2. The van der Waals surface area contributed by atoms with Gasteiger partial charge in [0.05, 0.1) is 7.11 Å². The third kappa shape index (κ3) is 2.09. The van der Waals surface area contributed by atoms with Crippen LogP contribution in [-0.4, -0.2) is 13.1 Å². The summed E-state index contributed by atoms with van der Waals surface area (Å²) in [5, 5.41) is 0. The van der Waals surface area contributed by atoms with Gasteiger partial charge in [-0.3, -0.25) is 4.79 Å². The van der Waals surface area contributed by atoms with Crippen molar-refractivity contribution in [1.29, 1.82) is 0 Å². The van der Waals surface area contributed by atoms with Crippen LogP contribution in [-0.2, 0) is 9.53 Å². The summed E-state index contributed by atoms with van der Waals surface area (Å²) in [6.45, 7) is 2.36. The molecule has 2 aliphatic rings. The smallest absolute Gasteiger partial charge is 0.305 e. The van der Waals surface area contributed by atoms with E-state index in [4.69, 9.17) is 0 Å². The SMILES string of the molecule is COC(=O)CCCC1C2C=CC(C2)C1C. The summed E-state index contributed by atoms with van der Waals surface area (Å²) >= 11 is 0. The van der Waals surface area contributed by atoms with Gasteiger partial charge >= 0.3 is 5.97 Å². The summed E-state index contributed by atoms with van der Waals surface area (Å²) in [4.78, 5) is 11.0. The number of esters is 1. The first kappa shape index (κ1) is 10.7. The van der Waals surface area contributed by atoms with Gasteiger partial charge in [-0.05, 0) is 42.9 Å². The van der Waals surface area contributed by atoms with Gasteiger partial charge in [-0.2, -0.15) is 0 Å². The molecule has 1 saturated carbocycles. The molecule has 2 aliphatic carbocycles. The van der Waals surface area contributed by atoms with Crippen LogP contribution in [0.15, 0.2) is 12.2 Å². The van der Waals surface area contributed by atoms with Gasteiger partial charge in [0, 0.05) is 6.42 Å². The Labute approximate surface area is 91.7 Å². The maximum absolute atomic E-state index is 11.0. The largest absolute Gasteiger partial charge is 0.469 e. The fraction of sp³-hybridized carbons (Fsp3) is 0.769. The van der Waals surface area contributed by atoms with Crippen molar-refractivity contribution in [3.63, 3.8) is 0 Å². The quantitative estimate of drug-likeness (QED) is 0.524. The van der Waals surface area contributed by atoms with Crippen molar-refractivity contribution in [2.75, 3.05) is 7.11 Å². The Morgan fingerprint density at radius 2 is 2.13 bits per heavy atom. The predicted molar refractivity (Wildman–Crippen MR) is 59.3 cm³/mol. The number of carbonyl (C=O) groups is 1. The predicted octanol–water partition coefficient (Wildman–Crippen LogP) is 2.79. The molecule has 0 aromatic carbocycles. The monoisotopic (exact) mass is 208 g/mol. The molecule has 1 fully saturated rings. The van der Waals surface area contributed by atoms with E-state index < -0.39 is 0 Å². The van der Waals surface area contributed by atoms with Crippen LogP contribution >= 0.6 is 0 Å². The summed E-state index contributed by atoms with van der Waals surface area (Å²) in [6.07, 6.45) is 8.87. The van der Waals surface area contributed by atoms with Crippen LogP contribution in [0.2, 0.25) is 0 Å². The van der Waals surface area contributed by atoms with Crippen LogP contribution < -0.4 is 0 Å². The van der Waals surface area contributed by atoms with Gasteiger partial charge in [-0.1, -0.05) is 19.1 Å². The lowest BCUT2D eigenvalue weighted by Crippen LogP contribution is -2.17. The third-order valence-corrected chi connectivity index (χ3v) is 4.20. The molecule has 2 nitrogen and oxygen atoms in total. The minimum Gasteiger partial charge on any atom is -0.469 e. The first-order chi connectivity index (χ1) is 7.22. The third-order valence-electron chi connectivity index (χ3n) is 4.20. The number of ether oxygens (including phenoxy) is 1. The maximum Gasteiger partial charge on any atom is 0.305 e. The van der Waals surface area contributed by atoms with Crippen molar-refractivity contribution in [3.8, 4) is 0 Å². The number of methoxy groups -OCH3 is 1. The molecule has 0 heterocycles. The van der Waals surface area contributed by atoms with E-state index in [2.05, 4.69) is 23.8 Å². The molecule has 0 saturated heterocycles. The molecule has 0 N–H and O–H groups in total. The highest BCUT2D eigenvalue weighted by molar-refractivity contribution is 5.68. The maximum atomic E-state index is 11.0. The van der Waals surface area contributed by atoms with E-state index in [0.717, 1.165) is 30.1 Å². The Balaban J connectivity index is 1.76. The highest BCUT2D eigenvalue weighted by atomic mass is 16.5. The van der Waals surface area contributed by atoms with Gasteiger partial charge in [0.1, 0.15) is 0 Å². The second kappa shape index (κ2) is 4.38. The zero-order chi connectivity index (χ0) is 10.8. The van der Waals surface area contributed by atoms with Gasteiger partial charge in [0.15, 0.2) is 0 Å². The molecule has 2 rings (SSSR count). The fourth-order valence-electron chi connectivity index (χ4n) is 3.23. The van der Waals surface area contributed by atoms with E-state index in [1.807, 2.05) is 0 Å². The lowest BCUT2D eigenvalue weighted by atomic mass is 9.81. The number of hydrogen-bond donors (Lipinski definition) is 0. The van der Waals surface area contributed by atoms with Gasteiger partial charge < -0.3 is 4.74 Å². The first-order valence-electron chi connectivity index (χ1n) is 5.97. The zero-order valence-corrected chi connectivity index (χ0v) is 9.61. The average molecular weight is 208 g/mol. The van der Waals surface area contributed by atoms with Crippen molar-refractivity contribution in [1.82, 2.24) is 0 Å². The molecule has 2 heteroatoms. The molecule has 0 aliphatic heterocycles. The summed E-state index contributed by atoms with van der Waals surface area (Å²) < 4.78 is 4.65. The molecular weight excluding hydrogens is 188 g/mol. The zero-order valence-electron chi connectivity index (χ0n) is 9.61. The van der Waals surface area contributed by atoms with Gasteiger partial charge in [0.25, 0.3) is 0 Å². The molecule has 0 aromatic rings. The minimum atomic E-state index is -0.0682. The highest BCUT2D eigenvalue weighted by Crippen LogP contribution is 2.49. The van der Waals surface area contributed by atoms with Gasteiger partial charge in [-0.15, -0.1) is 0 Å². The molecule has 0 aromatic heterocycles. The van der Waals surface area contributed by atoms with Crippen molar-refractivity contribution in [3.05, 3.63) is 12.2 Å². The van der Waals surface area contributed by atoms with Gasteiger partial charge in [0.2, 0.25) is 0 Å². The Hall–Kier alpha value is -0.790. The summed E-state index contributed by atoms with van der Waals surface area (Å²) in [5.74, 6) is 3.17. The molecule has 0 spiro atoms. The van der Waals surface area contributed by atoms with Crippen molar-refractivity contribution < 1.29 is 9.53 Å². The molecule has 4 atom stereocenters. The van der Waals surface area contributed by atoms with E-state index in [0.29, 0.717) is 6.42 Å². The minimum absolute atomic E-state index is 0.0682. The molecule has 15 heavy (non-hydrogen) atoms. The van der Waals surface area contributed by atoms with E-state index >= 15 is 0 Å². The Bertz CT molecular complexity index is 270. The van der Waals surface area contributed by atoms with Crippen molar-refractivity contribution >= 4 is 5.97 Å². The van der Waals surface area contributed by atoms with Crippen LogP contribution in [0, 0.1) is 23.7 Å². The number of allylic oxidation sites excluding steroid dienone is 2. The topological polar surface area (TPSA) is 26.3 Å². The molecule has 84 valence electrons. The van der Waals surface area contributed by atoms with Crippen LogP contribution in [0.3, 0.4) is 0 Å². The van der Waals surface area contributed by atoms with E-state index in [-0.39, 0.29) is 5.97 Å². The Morgan fingerprint density at radius 1 is 1.40 bits per heavy atom. The molecule has 4 unspecified atom stereocenters. The number of carbonyl (C=O) groups excluding carboxylic acids is 1. The molecule has 0 radical (unpaired) electrons. The van der Waals surface area contributed by atoms with Crippen molar-refractivity contribution in [2.24, 2.45) is 23.7 Å². The summed E-state index contributed by atoms with van der Waals surface area (Å²) in [6, 6.07) is 0. The van der Waals surface area contributed by atoms with E-state index in [1.54, 1.807) is 0 Å². The lowest BCUT2D eigenvalue weighted by molar-refractivity contribution is -0.140. The van der Waals surface area contributed by atoms with Crippen LogP contribution in [0.5, 0.6) is 0 Å². The second-order valence-electron chi connectivity index (χ2n) is 4.94. The van der Waals surface area contributed by atoms with Crippen molar-refractivity contribution in [2.45, 2.75) is 32.6 Å². The Kier molecular flexibility index (Phi) is 3.13. The normalized spacial score (nSPS) is 37.2. The average Bonchev–Trinajstić information content (AvgIpc) is 2.81. The molecular formula is C13H20O2. The number of fused-ring (bicyclic) bond motifs is 2. The van der Waals surface area contributed by atoms with Crippen LogP contribution in [0.25, 0.3) is 0 Å². The van der Waals surface area contributed by atoms with Crippen LogP contribution in [0.4, 0.5) is 0 Å². The summed E-state index contributed by atoms with van der Waals surface area (Å²) in [5.41, 5.74) is 0. The fourth-order valence-corrected chi connectivity index (χ4v) is 3.23. The first-order valence-corrected chi connectivity index (χ1v) is 5.97. The van der Waals surface area contributed by atoms with Crippen LogP contribution in [0.1, 0.15) is 32.6 Å². The molecule has 2 bridgehead atoms. The Morgan fingerprint density at radius 3 is 2.73 bits per heavy atom. The summed E-state index contributed by atoms with van der Waals surface area (Å²) in [7, 11) is 1.46.